The first kappa shape index (κ1) is 24.4. The summed E-state index contributed by atoms with van der Waals surface area (Å²) in [6.07, 6.45) is 29.1. The number of rotatable bonds is 19. The number of hydrogen-bond donors (Lipinski definition) is 0. The Labute approximate surface area is 171 Å². The lowest BCUT2D eigenvalue weighted by Gasteiger charge is -2.33. The van der Waals surface area contributed by atoms with E-state index in [1.807, 2.05) is 0 Å². The molecule has 0 saturated carbocycles. The minimum absolute atomic E-state index is 0.639. The van der Waals surface area contributed by atoms with Gasteiger partial charge in [-0.1, -0.05) is 111 Å². The predicted molar refractivity (Wildman–Crippen MR) is 122 cm³/mol. The van der Waals surface area contributed by atoms with Crippen molar-refractivity contribution in [3.63, 3.8) is 0 Å². The van der Waals surface area contributed by atoms with Crippen LogP contribution in [0.25, 0.3) is 0 Å². The maximum absolute atomic E-state index is 2.63. The maximum atomic E-state index is 2.63. The van der Waals surface area contributed by atoms with Crippen LogP contribution in [0.2, 0.25) is 0 Å². The molecule has 2 heteroatoms. The van der Waals surface area contributed by atoms with Gasteiger partial charge in [0.25, 0.3) is 0 Å². The van der Waals surface area contributed by atoms with E-state index in [0.29, 0.717) is 6.17 Å². The minimum Gasteiger partial charge on any atom is -0.356 e. The Morgan fingerprint density at radius 2 is 0.852 bits per heavy atom. The van der Waals surface area contributed by atoms with E-state index < -0.39 is 0 Å². The van der Waals surface area contributed by atoms with Crippen molar-refractivity contribution in [1.82, 2.24) is 9.80 Å². The van der Waals surface area contributed by atoms with Gasteiger partial charge in [-0.05, 0) is 19.3 Å². The van der Waals surface area contributed by atoms with Crippen LogP contribution in [-0.2, 0) is 0 Å². The van der Waals surface area contributed by atoms with Crippen molar-refractivity contribution in [3.05, 3.63) is 12.4 Å². The van der Waals surface area contributed by atoms with Crippen LogP contribution in [0.1, 0.15) is 130 Å². The van der Waals surface area contributed by atoms with Gasteiger partial charge in [0.15, 0.2) is 0 Å². The summed E-state index contributed by atoms with van der Waals surface area (Å²) in [4.78, 5) is 5.25. The lowest BCUT2D eigenvalue weighted by atomic mass is 10.1. The van der Waals surface area contributed by atoms with Gasteiger partial charge < -0.3 is 9.80 Å². The van der Waals surface area contributed by atoms with Crippen molar-refractivity contribution in [2.75, 3.05) is 13.1 Å². The molecule has 0 fully saturated rings. The zero-order valence-electron chi connectivity index (χ0n) is 19.1. The summed E-state index contributed by atoms with van der Waals surface area (Å²) >= 11 is 0. The molecule has 2 nitrogen and oxygen atoms in total. The smallest absolute Gasteiger partial charge is 0.101 e. The summed E-state index contributed by atoms with van der Waals surface area (Å²) in [7, 11) is 0. The third kappa shape index (κ3) is 11.7. The lowest BCUT2D eigenvalue weighted by molar-refractivity contribution is 0.138. The second-order valence-electron chi connectivity index (χ2n) is 8.64. The normalized spacial score (nSPS) is 16.6. The van der Waals surface area contributed by atoms with Crippen molar-refractivity contribution in [2.45, 2.75) is 136 Å². The van der Waals surface area contributed by atoms with E-state index in [9.17, 15) is 0 Å². The monoisotopic (exact) mass is 378 g/mol. The van der Waals surface area contributed by atoms with Gasteiger partial charge in [-0.15, -0.1) is 0 Å². The second-order valence-corrected chi connectivity index (χ2v) is 8.64. The Kier molecular flexibility index (Phi) is 15.7. The van der Waals surface area contributed by atoms with Gasteiger partial charge in [0.1, 0.15) is 6.17 Å². The number of unbranched alkanes of at least 4 members (excludes halogenated alkanes) is 13. The van der Waals surface area contributed by atoms with E-state index in [0.717, 1.165) is 0 Å². The van der Waals surface area contributed by atoms with Crippen molar-refractivity contribution in [3.8, 4) is 0 Å². The van der Waals surface area contributed by atoms with Crippen LogP contribution >= 0.6 is 0 Å². The minimum atomic E-state index is 0.639. The zero-order chi connectivity index (χ0) is 19.6. The average Bonchev–Trinajstić information content (AvgIpc) is 3.05. The first-order valence-electron chi connectivity index (χ1n) is 12.5. The van der Waals surface area contributed by atoms with Crippen molar-refractivity contribution in [2.24, 2.45) is 0 Å². The largest absolute Gasteiger partial charge is 0.356 e. The Morgan fingerprint density at radius 3 is 1.22 bits per heavy atom. The van der Waals surface area contributed by atoms with Crippen molar-refractivity contribution < 1.29 is 0 Å². The highest BCUT2D eigenvalue weighted by Crippen LogP contribution is 2.22. The van der Waals surface area contributed by atoms with E-state index >= 15 is 0 Å². The fraction of sp³-hybridized carbons (Fsp3) is 0.920. The topological polar surface area (TPSA) is 6.48 Å². The number of nitrogens with zero attached hydrogens (tertiary/aromatic N) is 2. The summed E-state index contributed by atoms with van der Waals surface area (Å²) in [5.41, 5.74) is 0. The molecular weight excluding hydrogens is 328 g/mol. The summed E-state index contributed by atoms with van der Waals surface area (Å²) in [6, 6.07) is 0. The van der Waals surface area contributed by atoms with E-state index in [4.69, 9.17) is 0 Å². The van der Waals surface area contributed by atoms with E-state index in [2.05, 4.69) is 43.0 Å². The Morgan fingerprint density at radius 1 is 0.481 bits per heavy atom. The molecule has 1 rings (SSSR count). The second kappa shape index (κ2) is 17.4. The van der Waals surface area contributed by atoms with E-state index in [1.165, 1.54) is 122 Å². The average molecular weight is 379 g/mol. The molecule has 27 heavy (non-hydrogen) atoms. The molecule has 0 aromatic carbocycles. The quantitative estimate of drug-likeness (QED) is 0.209. The molecule has 0 saturated heterocycles. The highest BCUT2D eigenvalue weighted by Gasteiger charge is 2.24. The Hall–Kier alpha value is -0.660. The third-order valence-corrected chi connectivity index (χ3v) is 6.05. The molecule has 1 aliphatic rings. The molecule has 0 spiro atoms. The van der Waals surface area contributed by atoms with Crippen molar-refractivity contribution in [1.29, 1.82) is 0 Å². The molecule has 0 bridgehead atoms. The molecular formula is C25H50N2. The van der Waals surface area contributed by atoms with Gasteiger partial charge in [-0.2, -0.15) is 0 Å². The molecule has 1 atom stereocenters. The Balaban J connectivity index is 2.12. The van der Waals surface area contributed by atoms with Gasteiger partial charge in [-0.25, -0.2) is 0 Å². The predicted octanol–water partition coefficient (Wildman–Crippen LogP) is 8.09. The molecule has 0 aromatic rings. The summed E-state index contributed by atoms with van der Waals surface area (Å²) in [5, 5.41) is 0. The van der Waals surface area contributed by atoms with Crippen LogP contribution in [0.15, 0.2) is 12.4 Å². The van der Waals surface area contributed by atoms with Crippen LogP contribution < -0.4 is 0 Å². The standard InChI is InChI=1S/C25H50N2/c1-4-7-9-11-13-15-17-19-22-27-24-23-26(25(27)20-6-3)21-18-16-14-12-10-8-5-2/h23-25H,4-22H2,1-3H3. The molecule has 0 N–H and O–H groups in total. The summed E-state index contributed by atoms with van der Waals surface area (Å²) in [5.74, 6) is 0. The van der Waals surface area contributed by atoms with Crippen LogP contribution in [0.5, 0.6) is 0 Å². The van der Waals surface area contributed by atoms with Crippen LogP contribution in [0.3, 0.4) is 0 Å². The molecule has 0 aromatic heterocycles. The summed E-state index contributed by atoms with van der Waals surface area (Å²) < 4.78 is 0. The zero-order valence-corrected chi connectivity index (χ0v) is 19.1. The highest BCUT2D eigenvalue weighted by atomic mass is 15.4. The molecule has 160 valence electrons. The fourth-order valence-corrected chi connectivity index (χ4v) is 4.28. The first-order chi connectivity index (χ1) is 13.3. The summed E-state index contributed by atoms with van der Waals surface area (Å²) in [6.45, 7) is 9.44. The van der Waals surface area contributed by atoms with Gasteiger partial charge in [0.2, 0.25) is 0 Å². The van der Waals surface area contributed by atoms with Gasteiger partial charge in [-0.3, -0.25) is 0 Å². The molecule has 1 heterocycles. The first-order valence-corrected chi connectivity index (χ1v) is 12.5. The molecule has 0 radical (unpaired) electrons. The molecule has 0 amide bonds. The lowest BCUT2D eigenvalue weighted by Crippen LogP contribution is -2.39. The van der Waals surface area contributed by atoms with Gasteiger partial charge in [0, 0.05) is 25.5 Å². The van der Waals surface area contributed by atoms with Crippen LogP contribution in [-0.4, -0.2) is 29.1 Å². The maximum Gasteiger partial charge on any atom is 0.101 e. The van der Waals surface area contributed by atoms with Crippen LogP contribution in [0.4, 0.5) is 0 Å². The van der Waals surface area contributed by atoms with Gasteiger partial charge in [0.05, 0.1) is 0 Å². The Bertz CT molecular complexity index is 339. The van der Waals surface area contributed by atoms with Gasteiger partial charge >= 0.3 is 0 Å². The van der Waals surface area contributed by atoms with E-state index in [1.54, 1.807) is 0 Å². The number of hydrogen-bond acceptors (Lipinski definition) is 2. The molecule has 1 unspecified atom stereocenters. The van der Waals surface area contributed by atoms with Crippen molar-refractivity contribution >= 4 is 0 Å². The fourth-order valence-electron chi connectivity index (χ4n) is 4.28. The highest BCUT2D eigenvalue weighted by molar-refractivity contribution is 4.96. The van der Waals surface area contributed by atoms with Crippen LogP contribution in [0, 0.1) is 0 Å². The molecule has 0 aliphatic carbocycles. The SMILES string of the molecule is CCCCCCCCCCN1C=CN(CCCCCCCCC)C1CCC. The third-order valence-electron chi connectivity index (χ3n) is 6.05. The molecule has 1 aliphatic heterocycles. The van der Waals surface area contributed by atoms with E-state index in [-0.39, 0.29) is 0 Å².